The lowest BCUT2D eigenvalue weighted by Crippen LogP contribution is -2.44. The number of H-pyrrole nitrogens is 2. The molecule has 0 aliphatic carbocycles. The third-order valence-electron chi connectivity index (χ3n) is 11.3. The number of carbonyl (C=O) groups is 3. The molecule has 12 nitrogen and oxygen atoms in total. The lowest BCUT2D eigenvalue weighted by molar-refractivity contribution is -0.136. The second-order valence-electron chi connectivity index (χ2n) is 14.5. The molecule has 3 amide bonds. The molecule has 0 spiro atoms. The van der Waals surface area contributed by atoms with E-state index in [9.17, 15) is 14.4 Å². The first kappa shape index (κ1) is 35.3. The van der Waals surface area contributed by atoms with Gasteiger partial charge in [0.15, 0.2) is 0 Å². The van der Waals surface area contributed by atoms with Crippen LogP contribution in [0.4, 0.5) is 4.79 Å². The summed E-state index contributed by atoms with van der Waals surface area (Å²) in [5.74, 6) is 1.61. The number of ether oxygens (including phenoxy) is 1. The van der Waals surface area contributed by atoms with Gasteiger partial charge >= 0.3 is 6.09 Å². The normalized spacial score (nSPS) is 20.7. The molecular weight excluding hydrogens is 681 g/mol. The standard InChI is InChI=1S/C42H46N8O4/c1-48-22-6-13-36(48)40(51)49-23-7-11-34(49)38-43-25-32(45-38)29-18-14-27(15-19-29)28-16-20-30(21-17-28)33-26-44-39(46-33)35-12-8-24-50(35)41(52)37(47-42(53)54-2)31-9-4-3-5-10-31/h3-5,9-10,14-21,25-26,34-37H,6-8,11-13,22-24H2,1-2H3,(H,43,45)(H,44,46)(H,47,53)/t34-,35-,36+,37+/m0/s1. The summed E-state index contributed by atoms with van der Waals surface area (Å²) in [4.78, 5) is 61.9. The maximum atomic E-state index is 13.9. The van der Waals surface area contributed by atoms with E-state index in [-0.39, 0.29) is 29.9 Å². The topological polar surface area (TPSA) is 140 Å². The molecule has 54 heavy (non-hydrogen) atoms. The third-order valence-corrected chi connectivity index (χ3v) is 11.3. The maximum absolute atomic E-state index is 13.9. The van der Waals surface area contributed by atoms with Crippen molar-refractivity contribution in [1.29, 1.82) is 0 Å². The molecule has 0 radical (unpaired) electrons. The molecule has 3 fully saturated rings. The summed E-state index contributed by atoms with van der Waals surface area (Å²) >= 11 is 0. The monoisotopic (exact) mass is 726 g/mol. The number of rotatable bonds is 9. The molecule has 5 aromatic rings. The highest BCUT2D eigenvalue weighted by atomic mass is 16.5. The Balaban J connectivity index is 0.928. The van der Waals surface area contributed by atoms with Crippen LogP contribution in [0, 0.1) is 0 Å². The van der Waals surface area contributed by atoms with E-state index in [1.807, 2.05) is 54.7 Å². The van der Waals surface area contributed by atoms with Crippen molar-refractivity contribution in [3.8, 4) is 33.6 Å². The number of aromatic amines is 2. The van der Waals surface area contributed by atoms with E-state index in [1.165, 1.54) is 7.11 Å². The molecular formula is C42H46N8O4. The number of nitrogens with zero attached hydrogens (tertiary/aromatic N) is 5. The van der Waals surface area contributed by atoms with Crippen LogP contribution in [-0.4, -0.2) is 92.4 Å². The Hall–Kier alpha value is -5.75. The molecule has 3 aliphatic rings. The number of carbonyl (C=O) groups excluding carboxylic acids is 3. The van der Waals surface area contributed by atoms with Gasteiger partial charge in [0, 0.05) is 13.1 Å². The van der Waals surface area contributed by atoms with Crippen LogP contribution in [0.1, 0.15) is 73.9 Å². The fourth-order valence-corrected chi connectivity index (χ4v) is 8.31. The van der Waals surface area contributed by atoms with Gasteiger partial charge in [0.25, 0.3) is 5.91 Å². The predicted molar refractivity (Wildman–Crippen MR) is 205 cm³/mol. The molecule has 278 valence electrons. The van der Waals surface area contributed by atoms with Crippen molar-refractivity contribution < 1.29 is 19.1 Å². The highest BCUT2D eigenvalue weighted by Gasteiger charge is 2.39. The smallest absolute Gasteiger partial charge is 0.407 e. The van der Waals surface area contributed by atoms with E-state index in [1.54, 1.807) is 4.90 Å². The van der Waals surface area contributed by atoms with Gasteiger partial charge in [-0.2, -0.15) is 0 Å². The van der Waals surface area contributed by atoms with Crippen LogP contribution < -0.4 is 5.32 Å². The van der Waals surface area contributed by atoms with Crippen molar-refractivity contribution in [3.05, 3.63) is 108 Å². The number of likely N-dealkylation sites (tertiary alicyclic amines) is 3. The number of amides is 3. The zero-order valence-corrected chi connectivity index (χ0v) is 30.7. The number of hydrogen-bond acceptors (Lipinski definition) is 7. The quantitative estimate of drug-likeness (QED) is 0.155. The SMILES string of the molecule is COC(=O)N[C@@H](C(=O)N1CCC[C@H]1c1ncc(-c2ccc(-c3ccc(-c4cnc([C@@H]5CCCN5C(=O)[C@H]5CCCN5C)[nH]4)cc3)cc2)[nH]1)c1ccccc1. The summed E-state index contributed by atoms with van der Waals surface area (Å²) in [6.45, 7) is 2.33. The van der Waals surface area contributed by atoms with Crippen LogP contribution >= 0.6 is 0 Å². The van der Waals surface area contributed by atoms with Crippen molar-refractivity contribution in [1.82, 2.24) is 40.0 Å². The zero-order valence-electron chi connectivity index (χ0n) is 30.7. The summed E-state index contributed by atoms with van der Waals surface area (Å²) in [5.41, 5.74) is 6.71. The number of hydrogen-bond donors (Lipinski definition) is 3. The Morgan fingerprint density at radius 3 is 1.76 bits per heavy atom. The molecule has 3 N–H and O–H groups in total. The number of methoxy groups -OCH3 is 1. The van der Waals surface area contributed by atoms with Crippen LogP contribution in [-0.2, 0) is 14.3 Å². The van der Waals surface area contributed by atoms with Crippen LogP contribution in [0.25, 0.3) is 33.6 Å². The molecule has 8 rings (SSSR count). The lowest BCUT2D eigenvalue weighted by Gasteiger charge is -2.29. The minimum Gasteiger partial charge on any atom is -0.453 e. The second kappa shape index (κ2) is 15.3. The van der Waals surface area contributed by atoms with Crippen molar-refractivity contribution >= 4 is 17.9 Å². The summed E-state index contributed by atoms with van der Waals surface area (Å²) in [7, 11) is 3.34. The van der Waals surface area contributed by atoms with E-state index < -0.39 is 12.1 Å². The van der Waals surface area contributed by atoms with E-state index in [0.29, 0.717) is 12.1 Å². The molecule has 12 heteroatoms. The van der Waals surface area contributed by atoms with Gasteiger partial charge in [-0.15, -0.1) is 0 Å². The van der Waals surface area contributed by atoms with Gasteiger partial charge in [-0.05, 0) is 79.9 Å². The van der Waals surface area contributed by atoms with Gasteiger partial charge in [-0.25, -0.2) is 14.8 Å². The van der Waals surface area contributed by atoms with Gasteiger partial charge in [0.05, 0.1) is 49.0 Å². The Bertz CT molecular complexity index is 2090. The van der Waals surface area contributed by atoms with Gasteiger partial charge in [0.2, 0.25) is 5.91 Å². The Labute approximate surface area is 314 Å². The van der Waals surface area contributed by atoms with Gasteiger partial charge in [0.1, 0.15) is 17.7 Å². The van der Waals surface area contributed by atoms with Gasteiger partial charge in [-0.3, -0.25) is 14.5 Å². The first-order valence-electron chi connectivity index (χ1n) is 18.9. The summed E-state index contributed by atoms with van der Waals surface area (Å²) < 4.78 is 4.83. The van der Waals surface area contributed by atoms with Crippen LogP contribution in [0.15, 0.2) is 91.3 Å². The number of benzene rings is 3. The highest BCUT2D eigenvalue weighted by Crippen LogP contribution is 2.36. The average molecular weight is 727 g/mol. The molecule has 3 aliphatic heterocycles. The molecule has 2 aromatic heterocycles. The Morgan fingerprint density at radius 2 is 1.22 bits per heavy atom. The van der Waals surface area contributed by atoms with E-state index in [0.717, 1.165) is 96.9 Å². The van der Waals surface area contributed by atoms with Crippen LogP contribution in [0.3, 0.4) is 0 Å². The first-order chi connectivity index (χ1) is 26.4. The minimum absolute atomic E-state index is 0.00841. The number of aromatic nitrogens is 4. The second-order valence-corrected chi connectivity index (χ2v) is 14.5. The molecule has 3 aromatic carbocycles. The summed E-state index contributed by atoms with van der Waals surface area (Å²) in [6.07, 6.45) is 8.55. The van der Waals surface area contributed by atoms with Crippen molar-refractivity contribution in [2.24, 2.45) is 0 Å². The minimum atomic E-state index is -0.865. The summed E-state index contributed by atoms with van der Waals surface area (Å²) in [5, 5.41) is 2.72. The fraction of sp³-hybridized carbons (Fsp3) is 0.357. The number of nitrogens with one attached hydrogen (secondary N) is 3. The van der Waals surface area contributed by atoms with Crippen molar-refractivity contribution in [2.75, 3.05) is 33.8 Å². The molecule has 0 saturated carbocycles. The highest BCUT2D eigenvalue weighted by molar-refractivity contribution is 5.87. The predicted octanol–water partition coefficient (Wildman–Crippen LogP) is 6.65. The van der Waals surface area contributed by atoms with Crippen LogP contribution in [0.2, 0.25) is 0 Å². The number of imidazole rings is 2. The van der Waals surface area contributed by atoms with Gasteiger partial charge < -0.3 is 29.8 Å². The number of alkyl carbamates (subject to hydrolysis) is 1. The molecule has 4 atom stereocenters. The van der Waals surface area contributed by atoms with E-state index >= 15 is 0 Å². The molecule has 3 saturated heterocycles. The largest absolute Gasteiger partial charge is 0.453 e. The average Bonchev–Trinajstić information content (AvgIpc) is 4.07. The molecule has 0 bridgehead atoms. The fourth-order valence-electron chi connectivity index (χ4n) is 8.31. The summed E-state index contributed by atoms with van der Waals surface area (Å²) in [6, 6.07) is 24.9. The maximum Gasteiger partial charge on any atom is 0.407 e. The molecule has 0 unspecified atom stereocenters. The van der Waals surface area contributed by atoms with Gasteiger partial charge in [-0.1, -0.05) is 78.9 Å². The van der Waals surface area contributed by atoms with Crippen LogP contribution in [0.5, 0.6) is 0 Å². The van der Waals surface area contributed by atoms with Crippen molar-refractivity contribution in [2.45, 2.75) is 62.7 Å². The Kier molecular flexibility index (Phi) is 10.0. The number of likely N-dealkylation sites (N-methyl/N-ethyl adjacent to an activating group) is 1. The lowest BCUT2D eigenvalue weighted by atomic mass is 10.0. The zero-order chi connectivity index (χ0) is 37.2. The molecule has 5 heterocycles. The van der Waals surface area contributed by atoms with Crippen molar-refractivity contribution in [3.63, 3.8) is 0 Å². The van der Waals surface area contributed by atoms with E-state index in [2.05, 4.69) is 68.7 Å². The van der Waals surface area contributed by atoms with E-state index in [4.69, 9.17) is 14.7 Å². The first-order valence-corrected chi connectivity index (χ1v) is 18.9. The Morgan fingerprint density at radius 1 is 0.704 bits per heavy atom. The third kappa shape index (κ3) is 7.01.